The fraction of sp³-hybridized carbons (Fsp3) is 0.368. The molecule has 6 heteroatoms. The maximum absolute atomic E-state index is 12.3. The number of carbonyl (C=O) groups excluding carboxylic acids is 2. The van der Waals surface area contributed by atoms with E-state index >= 15 is 0 Å². The maximum Gasteiger partial charge on any atom is 0.340 e. The fourth-order valence-electron chi connectivity index (χ4n) is 3.00. The van der Waals surface area contributed by atoms with Gasteiger partial charge >= 0.3 is 5.97 Å². The van der Waals surface area contributed by atoms with Gasteiger partial charge in [0.2, 0.25) is 0 Å². The predicted molar refractivity (Wildman–Crippen MR) is 91.6 cm³/mol. The van der Waals surface area contributed by atoms with Crippen LogP contribution in [-0.4, -0.2) is 36.1 Å². The van der Waals surface area contributed by atoms with Crippen molar-refractivity contribution < 1.29 is 23.8 Å². The molecule has 0 unspecified atom stereocenters. The minimum Gasteiger partial charge on any atom is -0.486 e. The van der Waals surface area contributed by atoms with Gasteiger partial charge in [0.25, 0.3) is 0 Å². The van der Waals surface area contributed by atoms with Gasteiger partial charge in [-0.2, -0.15) is 0 Å². The van der Waals surface area contributed by atoms with Crippen LogP contribution in [0.5, 0.6) is 11.5 Å². The lowest BCUT2D eigenvalue weighted by atomic mass is 10.1. The van der Waals surface area contributed by atoms with Gasteiger partial charge in [-0.3, -0.25) is 4.79 Å². The molecule has 0 N–H and O–H groups in total. The van der Waals surface area contributed by atoms with E-state index in [4.69, 9.17) is 14.2 Å². The van der Waals surface area contributed by atoms with Crippen molar-refractivity contribution in [3.8, 4) is 11.5 Å². The summed E-state index contributed by atoms with van der Waals surface area (Å²) in [5.41, 5.74) is 2.76. The molecule has 2 heterocycles. The van der Waals surface area contributed by atoms with Crippen LogP contribution in [0.2, 0.25) is 0 Å². The lowest BCUT2D eigenvalue weighted by Gasteiger charge is -2.18. The van der Waals surface area contributed by atoms with Crippen molar-refractivity contribution in [1.29, 1.82) is 0 Å². The van der Waals surface area contributed by atoms with Crippen LogP contribution < -0.4 is 9.47 Å². The smallest absolute Gasteiger partial charge is 0.340 e. The lowest BCUT2D eigenvalue weighted by molar-refractivity contribution is 0.0473. The molecule has 1 aliphatic rings. The topological polar surface area (TPSA) is 66.8 Å². The summed E-state index contributed by atoms with van der Waals surface area (Å²) in [6.07, 6.45) is 0. The third kappa shape index (κ3) is 3.38. The van der Waals surface area contributed by atoms with E-state index in [2.05, 4.69) is 0 Å². The first-order chi connectivity index (χ1) is 12.0. The second-order valence-electron chi connectivity index (χ2n) is 5.89. The minimum absolute atomic E-state index is 0.283. The zero-order chi connectivity index (χ0) is 18.0. The van der Waals surface area contributed by atoms with Crippen molar-refractivity contribution in [3.05, 3.63) is 46.8 Å². The molecule has 1 aromatic carbocycles. The van der Waals surface area contributed by atoms with Gasteiger partial charge in [-0.15, -0.1) is 0 Å². The zero-order valence-electron chi connectivity index (χ0n) is 14.6. The summed E-state index contributed by atoms with van der Waals surface area (Å²) in [5, 5.41) is 0. The van der Waals surface area contributed by atoms with E-state index in [9.17, 15) is 9.59 Å². The highest BCUT2D eigenvalue weighted by Crippen LogP contribution is 2.30. The third-order valence-electron chi connectivity index (χ3n) is 4.31. The minimum atomic E-state index is -0.487. The molecule has 0 fully saturated rings. The Balaban J connectivity index is 1.67. The number of esters is 1. The summed E-state index contributed by atoms with van der Waals surface area (Å²) < 4.78 is 18.1. The summed E-state index contributed by atoms with van der Waals surface area (Å²) in [6.45, 7) is 7.24. The van der Waals surface area contributed by atoms with Gasteiger partial charge in [-0.1, -0.05) is 0 Å². The number of hydrogen-bond donors (Lipinski definition) is 0. The number of Topliss-reactive ketones (excluding diaryl/α,β-unsaturated/α-hetero) is 1. The lowest BCUT2D eigenvalue weighted by Crippen LogP contribution is -2.17. The number of carbonyl (C=O) groups is 2. The number of rotatable bonds is 5. The van der Waals surface area contributed by atoms with Gasteiger partial charge in [-0.05, 0) is 45.0 Å². The number of aromatic nitrogens is 1. The molecular weight excluding hydrogens is 322 g/mol. The quantitative estimate of drug-likeness (QED) is 0.617. The Morgan fingerprint density at radius 2 is 1.84 bits per heavy atom. The first-order valence-electron chi connectivity index (χ1n) is 8.28. The second kappa shape index (κ2) is 7.01. The van der Waals surface area contributed by atoms with Crippen LogP contribution in [-0.2, 0) is 11.3 Å². The van der Waals surface area contributed by atoms with Gasteiger partial charge in [-0.25, -0.2) is 4.79 Å². The molecular formula is C19H21NO5. The van der Waals surface area contributed by atoms with Gasteiger partial charge in [0.05, 0.1) is 5.56 Å². The van der Waals surface area contributed by atoms with Crippen LogP contribution in [0.3, 0.4) is 0 Å². The Labute approximate surface area is 146 Å². The molecule has 1 aromatic heterocycles. The number of benzene rings is 1. The van der Waals surface area contributed by atoms with E-state index < -0.39 is 5.97 Å². The highest BCUT2D eigenvalue weighted by Gasteiger charge is 2.19. The Kier molecular flexibility index (Phi) is 4.79. The molecule has 6 nitrogen and oxygen atoms in total. The van der Waals surface area contributed by atoms with Crippen molar-refractivity contribution in [1.82, 2.24) is 4.57 Å². The highest BCUT2D eigenvalue weighted by atomic mass is 16.6. The molecule has 0 radical (unpaired) electrons. The third-order valence-corrected chi connectivity index (χ3v) is 4.31. The van der Waals surface area contributed by atoms with Gasteiger partial charge in [0.15, 0.2) is 23.9 Å². The summed E-state index contributed by atoms with van der Waals surface area (Å²) in [5.74, 6) is 0.384. The Bertz CT molecular complexity index is 821. The number of ketones is 1. The summed E-state index contributed by atoms with van der Waals surface area (Å²) in [6, 6.07) is 6.74. The van der Waals surface area contributed by atoms with Crippen molar-refractivity contribution in [2.75, 3.05) is 19.8 Å². The number of hydrogen-bond acceptors (Lipinski definition) is 5. The van der Waals surface area contributed by atoms with Crippen LogP contribution in [0.25, 0.3) is 0 Å². The van der Waals surface area contributed by atoms with Crippen LogP contribution in [0, 0.1) is 13.8 Å². The van der Waals surface area contributed by atoms with Crippen molar-refractivity contribution in [2.45, 2.75) is 27.3 Å². The molecule has 0 spiro atoms. The number of fused-ring (bicyclic) bond motifs is 1. The van der Waals surface area contributed by atoms with Crippen molar-refractivity contribution >= 4 is 11.8 Å². The van der Waals surface area contributed by atoms with Crippen LogP contribution in [0.15, 0.2) is 24.3 Å². The summed E-state index contributed by atoms with van der Waals surface area (Å²) >= 11 is 0. The Hall–Kier alpha value is -2.76. The van der Waals surface area contributed by atoms with E-state index in [-0.39, 0.29) is 12.4 Å². The number of nitrogens with zero attached hydrogens (tertiary/aromatic N) is 1. The van der Waals surface area contributed by atoms with E-state index in [0.717, 1.165) is 17.9 Å². The molecule has 25 heavy (non-hydrogen) atoms. The normalized spacial score (nSPS) is 12.8. The van der Waals surface area contributed by atoms with E-state index in [0.29, 0.717) is 35.8 Å². The standard InChI is InChI=1S/C19H21NO5/c1-4-20-12(2)9-15(13(20)3)19(22)25-11-16(21)14-5-6-17-18(10-14)24-8-7-23-17/h5-6,9-10H,4,7-8,11H2,1-3H3. The van der Waals surface area contributed by atoms with Gasteiger partial charge < -0.3 is 18.8 Å². The Morgan fingerprint density at radius 3 is 2.52 bits per heavy atom. The van der Waals surface area contributed by atoms with Crippen molar-refractivity contribution in [2.24, 2.45) is 0 Å². The first kappa shape index (κ1) is 17.1. The molecule has 0 saturated carbocycles. The average molecular weight is 343 g/mol. The van der Waals surface area contributed by atoms with E-state index in [1.165, 1.54) is 0 Å². The molecule has 3 rings (SSSR count). The highest BCUT2D eigenvalue weighted by molar-refractivity contribution is 6.00. The summed E-state index contributed by atoms with van der Waals surface area (Å²) in [7, 11) is 0. The molecule has 0 atom stereocenters. The predicted octanol–water partition coefficient (Wildman–Crippen LogP) is 2.94. The van der Waals surface area contributed by atoms with Crippen molar-refractivity contribution in [3.63, 3.8) is 0 Å². The van der Waals surface area contributed by atoms with Crippen LogP contribution in [0.1, 0.15) is 39.0 Å². The maximum atomic E-state index is 12.3. The largest absolute Gasteiger partial charge is 0.486 e. The second-order valence-corrected chi connectivity index (χ2v) is 5.89. The van der Waals surface area contributed by atoms with Gasteiger partial charge in [0, 0.05) is 23.5 Å². The SMILES string of the molecule is CCn1c(C)cc(C(=O)OCC(=O)c2ccc3c(c2)OCCO3)c1C. The molecule has 0 aliphatic carbocycles. The van der Waals surface area contributed by atoms with E-state index in [1.807, 2.05) is 25.3 Å². The molecule has 2 aromatic rings. The molecule has 1 aliphatic heterocycles. The number of aryl methyl sites for hydroxylation is 1. The monoisotopic (exact) mass is 343 g/mol. The molecule has 0 bridgehead atoms. The Morgan fingerprint density at radius 1 is 1.12 bits per heavy atom. The first-order valence-corrected chi connectivity index (χ1v) is 8.28. The van der Waals surface area contributed by atoms with Gasteiger partial charge in [0.1, 0.15) is 13.2 Å². The zero-order valence-corrected chi connectivity index (χ0v) is 14.6. The summed E-state index contributed by atoms with van der Waals surface area (Å²) in [4.78, 5) is 24.6. The van der Waals surface area contributed by atoms with Crippen LogP contribution >= 0.6 is 0 Å². The molecule has 0 saturated heterocycles. The molecule has 0 amide bonds. The van der Waals surface area contributed by atoms with Crippen LogP contribution in [0.4, 0.5) is 0 Å². The fourth-order valence-corrected chi connectivity index (χ4v) is 3.00. The number of ether oxygens (including phenoxy) is 3. The average Bonchev–Trinajstić information content (AvgIpc) is 2.92. The molecule has 132 valence electrons. The van der Waals surface area contributed by atoms with E-state index in [1.54, 1.807) is 24.3 Å².